The molecule has 0 aromatic carbocycles. The van der Waals surface area contributed by atoms with Crippen LogP contribution in [0.5, 0.6) is 0 Å². The van der Waals surface area contributed by atoms with E-state index in [-0.39, 0.29) is 5.91 Å². The van der Waals surface area contributed by atoms with Crippen LogP contribution in [0.25, 0.3) is 0 Å². The number of carbonyl (C=O) groups excluding carboxylic acids is 2. The lowest BCUT2D eigenvalue weighted by atomic mass is 10.0. The van der Waals surface area contributed by atoms with Crippen molar-refractivity contribution in [2.24, 2.45) is 11.7 Å². The molecule has 0 radical (unpaired) electrons. The van der Waals surface area contributed by atoms with E-state index < -0.39 is 6.04 Å². The Labute approximate surface area is 96.6 Å². The molecule has 1 rings (SSSR count). The first-order valence-corrected chi connectivity index (χ1v) is 5.78. The van der Waals surface area contributed by atoms with Gasteiger partial charge in [0.05, 0.1) is 6.04 Å². The SMILES string of the molecule is CC(C)C[C@@H](N)C(=O)N1CCN(C=O)CC1. The molecule has 0 aromatic heterocycles. The predicted octanol–water partition coefficient (Wildman–Crippen LogP) is -0.340. The highest BCUT2D eigenvalue weighted by Crippen LogP contribution is 2.08. The molecule has 0 unspecified atom stereocenters. The number of carbonyl (C=O) groups is 2. The summed E-state index contributed by atoms with van der Waals surface area (Å²) in [6, 6.07) is -0.400. The van der Waals surface area contributed by atoms with Crippen molar-refractivity contribution in [3.05, 3.63) is 0 Å². The molecular weight excluding hydrogens is 206 g/mol. The topological polar surface area (TPSA) is 66.6 Å². The third-order valence-corrected chi connectivity index (χ3v) is 2.82. The van der Waals surface area contributed by atoms with Gasteiger partial charge in [0.15, 0.2) is 0 Å². The third kappa shape index (κ3) is 3.48. The van der Waals surface area contributed by atoms with Crippen molar-refractivity contribution < 1.29 is 9.59 Å². The maximum absolute atomic E-state index is 11.9. The first kappa shape index (κ1) is 13.0. The second-order valence-corrected chi connectivity index (χ2v) is 4.70. The summed E-state index contributed by atoms with van der Waals surface area (Å²) in [5, 5.41) is 0. The summed E-state index contributed by atoms with van der Waals surface area (Å²) >= 11 is 0. The normalized spacial score (nSPS) is 18.8. The minimum atomic E-state index is -0.400. The minimum absolute atomic E-state index is 0.0132. The average molecular weight is 227 g/mol. The Morgan fingerprint density at radius 1 is 1.31 bits per heavy atom. The van der Waals surface area contributed by atoms with E-state index in [0.29, 0.717) is 38.5 Å². The molecule has 92 valence electrons. The van der Waals surface area contributed by atoms with E-state index in [2.05, 4.69) is 13.8 Å². The van der Waals surface area contributed by atoms with E-state index in [4.69, 9.17) is 5.73 Å². The van der Waals surface area contributed by atoms with Gasteiger partial charge in [0, 0.05) is 26.2 Å². The van der Waals surface area contributed by atoms with Crippen LogP contribution < -0.4 is 5.73 Å². The first-order chi connectivity index (χ1) is 7.54. The number of amides is 2. The van der Waals surface area contributed by atoms with E-state index in [1.165, 1.54) is 0 Å². The summed E-state index contributed by atoms with van der Waals surface area (Å²) in [5.74, 6) is 0.439. The van der Waals surface area contributed by atoms with E-state index in [0.717, 1.165) is 6.41 Å². The summed E-state index contributed by atoms with van der Waals surface area (Å²) in [6.07, 6.45) is 1.54. The lowest BCUT2D eigenvalue weighted by molar-refractivity contribution is -0.136. The van der Waals surface area contributed by atoms with Crippen molar-refractivity contribution in [2.75, 3.05) is 26.2 Å². The summed E-state index contributed by atoms with van der Waals surface area (Å²) in [4.78, 5) is 25.9. The number of hydrogen-bond acceptors (Lipinski definition) is 3. The van der Waals surface area contributed by atoms with Gasteiger partial charge in [-0.1, -0.05) is 13.8 Å². The monoisotopic (exact) mass is 227 g/mol. The van der Waals surface area contributed by atoms with E-state index in [1.807, 2.05) is 0 Å². The summed E-state index contributed by atoms with van der Waals surface area (Å²) in [5.41, 5.74) is 5.84. The van der Waals surface area contributed by atoms with Crippen LogP contribution in [-0.4, -0.2) is 54.3 Å². The molecule has 5 nitrogen and oxygen atoms in total. The van der Waals surface area contributed by atoms with Gasteiger partial charge in [0.2, 0.25) is 12.3 Å². The molecule has 1 atom stereocenters. The Hall–Kier alpha value is -1.10. The molecule has 1 aliphatic rings. The lowest BCUT2D eigenvalue weighted by Crippen LogP contribution is -2.53. The van der Waals surface area contributed by atoms with Gasteiger partial charge in [0.1, 0.15) is 0 Å². The smallest absolute Gasteiger partial charge is 0.239 e. The van der Waals surface area contributed by atoms with Gasteiger partial charge >= 0.3 is 0 Å². The molecule has 0 aliphatic carbocycles. The van der Waals surface area contributed by atoms with Crippen molar-refractivity contribution in [2.45, 2.75) is 26.3 Å². The van der Waals surface area contributed by atoms with Gasteiger partial charge in [-0.3, -0.25) is 9.59 Å². The van der Waals surface area contributed by atoms with E-state index in [1.54, 1.807) is 9.80 Å². The van der Waals surface area contributed by atoms with Crippen molar-refractivity contribution >= 4 is 12.3 Å². The standard InChI is InChI=1S/C11H21N3O2/c1-9(2)7-10(12)11(16)14-5-3-13(8-15)4-6-14/h8-10H,3-7,12H2,1-2H3/t10-/m1/s1. The molecule has 0 bridgehead atoms. The fourth-order valence-corrected chi connectivity index (χ4v) is 1.89. The van der Waals surface area contributed by atoms with Gasteiger partial charge in [-0.05, 0) is 12.3 Å². The zero-order chi connectivity index (χ0) is 12.1. The molecular formula is C11H21N3O2. The van der Waals surface area contributed by atoms with Gasteiger partial charge in [-0.25, -0.2) is 0 Å². The van der Waals surface area contributed by atoms with Crippen molar-refractivity contribution in [1.82, 2.24) is 9.80 Å². The van der Waals surface area contributed by atoms with Crippen LogP contribution in [-0.2, 0) is 9.59 Å². The van der Waals surface area contributed by atoms with Crippen LogP contribution in [0, 0.1) is 5.92 Å². The van der Waals surface area contributed by atoms with Gasteiger partial charge < -0.3 is 15.5 Å². The Morgan fingerprint density at radius 2 is 1.88 bits per heavy atom. The Bertz CT molecular complexity index is 248. The zero-order valence-electron chi connectivity index (χ0n) is 10.1. The van der Waals surface area contributed by atoms with Gasteiger partial charge in [-0.2, -0.15) is 0 Å². The first-order valence-electron chi connectivity index (χ1n) is 5.78. The van der Waals surface area contributed by atoms with Crippen LogP contribution in [0.1, 0.15) is 20.3 Å². The number of piperazine rings is 1. The molecule has 0 spiro atoms. The van der Waals surface area contributed by atoms with Crippen LogP contribution in [0.2, 0.25) is 0 Å². The molecule has 1 fully saturated rings. The van der Waals surface area contributed by atoms with Crippen LogP contribution in [0.15, 0.2) is 0 Å². The summed E-state index contributed by atoms with van der Waals surface area (Å²) in [7, 11) is 0. The highest BCUT2D eigenvalue weighted by atomic mass is 16.2. The van der Waals surface area contributed by atoms with Crippen LogP contribution in [0.4, 0.5) is 0 Å². The third-order valence-electron chi connectivity index (χ3n) is 2.82. The quantitative estimate of drug-likeness (QED) is 0.668. The van der Waals surface area contributed by atoms with E-state index in [9.17, 15) is 9.59 Å². The summed E-state index contributed by atoms with van der Waals surface area (Å²) < 4.78 is 0. The van der Waals surface area contributed by atoms with E-state index >= 15 is 0 Å². The largest absolute Gasteiger partial charge is 0.342 e. The van der Waals surface area contributed by atoms with Crippen molar-refractivity contribution in [1.29, 1.82) is 0 Å². The Balaban J connectivity index is 2.40. The molecule has 5 heteroatoms. The van der Waals surface area contributed by atoms with Crippen molar-refractivity contribution in [3.8, 4) is 0 Å². The molecule has 1 saturated heterocycles. The second kappa shape index (κ2) is 5.84. The second-order valence-electron chi connectivity index (χ2n) is 4.70. The number of nitrogens with two attached hydrogens (primary N) is 1. The average Bonchev–Trinajstić information content (AvgIpc) is 2.27. The molecule has 1 heterocycles. The molecule has 2 amide bonds. The Kier molecular flexibility index (Phi) is 4.73. The molecule has 2 N–H and O–H groups in total. The highest BCUT2D eigenvalue weighted by molar-refractivity contribution is 5.81. The number of hydrogen-bond donors (Lipinski definition) is 1. The van der Waals surface area contributed by atoms with Crippen LogP contribution in [0.3, 0.4) is 0 Å². The number of nitrogens with zero attached hydrogens (tertiary/aromatic N) is 2. The fourth-order valence-electron chi connectivity index (χ4n) is 1.89. The molecule has 1 aliphatic heterocycles. The molecule has 0 aromatic rings. The fraction of sp³-hybridized carbons (Fsp3) is 0.818. The Morgan fingerprint density at radius 3 is 2.31 bits per heavy atom. The number of rotatable bonds is 4. The van der Waals surface area contributed by atoms with Crippen molar-refractivity contribution in [3.63, 3.8) is 0 Å². The summed E-state index contributed by atoms with van der Waals surface area (Å²) in [6.45, 7) is 6.54. The van der Waals surface area contributed by atoms with Crippen LogP contribution >= 0.6 is 0 Å². The minimum Gasteiger partial charge on any atom is -0.342 e. The zero-order valence-corrected chi connectivity index (χ0v) is 10.1. The van der Waals surface area contributed by atoms with Gasteiger partial charge in [-0.15, -0.1) is 0 Å². The maximum atomic E-state index is 11.9. The van der Waals surface area contributed by atoms with Gasteiger partial charge in [0.25, 0.3) is 0 Å². The lowest BCUT2D eigenvalue weighted by Gasteiger charge is -2.34. The maximum Gasteiger partial charge on any atom is 0.239 e. The highest BCUT2D eigenvalue weighted by Gasteiger charge is 2.24. The predicted molar refractivity (Wildman–Crippen MR) is 61.6 cm³/mol. The molecule has 0 saturated carbocycles. The molecule has 16 heavy (non-hydrogen) atoms.